The van der Waals surface area contributed by atoms with Gasteiger partial charge in [0.15, 0.2) is 6.17 Å². The number of unbranched alkanes of at least 4 members (excludes halogenated alkanes) is 17. The molecule has 3 nitrogen and oxygen atoms in total. The van der Waals surface area contributed by atoms with Crippen LogP contribution < -0.4 is 5.32 Å². The second kappa shape index (κ2) is 30.3. The quantitative estimate of drug-likeness (QED) is 0.0683. The van der Waals surface area contributed by atoms with Crippen molar-refractivity contribution >= 4 is 5.97 Å². The van der Waals surface area contributed by atoms with Crippen molar-refractivity contribution < 1.29 is 13.9 Å². The van der Waals surface area contributed by atoms with Crippen LogP contribution in [0, 0.1) is 5.92 Å². The van der Waals surface area contributed by atoms with E-state index in [1.165, 1.54) is 128 Å². The summed E-state index contributed by atoms with van der Waals surface area (Å²) in [6, 6.07) is 0.607. The molecule has 0 aliphatic rings. The maximum Gasteiger partial charge on any atom is 0.340 e. The van der Waals surface area contributed by atoms with Crippen molar-refractivity contribution in [1.82, 2.24) is 5.32 Å². The van der Waals surface area contributed by atoms with Crippen molar-refractivity contribution in [3.8, 4) is 0 Å². The Bertz CT molecular complexity index is 501. The maximum atomic E-state index is 14.5. The van der Waals surface area contributed by atoms with Gasteiger partial charge in [-0.1, -0.05) is 149 Å². The zero-order valence-electron chi connectivity index (χ0n) is 27.0. The molecule has 0 heterocycles. The minimum Gasteiger partial charge on any atom is -0.463 e. The largest absolute Gasteiger partial charge is 0.463 e. The molecule has 3 atom stereocenters. The van der Waals surface area contributed by atoms with Crippen molar-refractivity contribution in [3.05, 3.63) is 0 Å². The van der Waals surface area contributed by atoms with Crippen LogP contribution in [0.3, 0.4) is 0 Å². The predicted molar refractivity (Wildman–Crippen MR) is 169 cm³/mol. The number of carbonyl (C=O) groups is 1. The first kappa shape index (κ1) is 38.4. The third-order valence-corrected chi connectivity index (χ3v) is 8.47. The van der Waals surface area contributed by atoms with E-state index in [0.29, 0.717) is 25.0 Å². The molecule has 0 saturated carbocycles. The molecule has 4 heteroatoms. The number of hydrogen-bond acceptors (Lipinski definition) is 3. The molecule has 0 bridgehead atoms. The first-order chi connectivity index (χ1) is 19.1. The summed E-state index contributed by atoms with van der Waals surface area (Å²) in [7, 11) is 2.08. The molecule has 39 heavy (non-hydrogen) atoms. The van der Waals surface area contributed by atoms with Gasteiger partial charge in [0.2, 0.25) is 0 Å². The lowest BCUT2D eigenvalue weighted by Crippen LogP contribution is -2.24. The van der Waals surface area contributed by atoms with Gasteiger partial charge in [-0.15, -0.1) is 0 Å². The molecular formula is C35H70FNO2. The standard InChI is InChI=1S/C35H70FNO2/c1-5-8-11-14-16-18-23-28-33(37-4)29-24-19-20-25-30-34(36)35(38)39-31-32(26-21-13-10-7-3)27-22-17-15-12-9-6-2/h32-34,37H,5-31H2,1-4H3. The molecule has 0 aromatic heterocycles. The topological polar surface area (TPSA) is 38.3 Å². The molecule has 3 unspecified atom stereocenters. The van der Waals surface area contributed by atoms with Gasteiger partial charge >= 0.3 is 5.97 Å². The van der Waals surface area contributed by atoms with Gasteiger partial charge < -0.3 is 10.1 Å². The number of rotatable bonds is 31. The van der Waals surface area contributed by atoms with Crippen molar-refractivity contribution in [2.45, 2.75) is 200 Å². The number of alkyl halides is 1. The second-order valence-electron chi connectivity index (χ2n) is 12.3. The van der Waals surface area contributed by atoms with Crippen molar-refractivity contribution in [2.24, 2.45) is 5.92 Å². The number of carbonyl (C=O) groups excluding carboxylic acids is 1. The Morgan fingerprint density at radius 3 is 1.36 bits per heavy atom. The van der Waals surface area contributed by atoms with Gasteiger partial charge in [-0.2, -0.15) is 0 Å². The van der Waals surface area contributed by atoms with E-state index >= 15 is 0 Å². The second-order valence-corrected chi connectivity index (χ2v) is 12.3. The molecule has 0 saturated heterocycles. The predicted octanol–water partition coefficient (Wildman–Crippen LogP) is 11.3. The van der Waals surface area contributed by atoms with Gasteiger partial charge in [0.25, 0.3) is 0 Å². The van der Waals surface area contributed by atoms with Gasteiger partial charge in [-0.3, -0.25) is 0 Å². The number of nitrogens with one attached hydrogen (secondary N) is 1. The van der Waals surface area contributed by atoms with Gasteiger partial charge in [0.05, 0.1) is 6.61 Å². The monoisotopic (exact) mass is 556 g/mol. The Kier molecular flexibility index (Phi) is 29.8. The normalized spacial score (nSPS) is 13.9. The average Bonchev–Trinajstić information content (AvgIpc) is 2.95. The Labute approximate surface area is 244 Å². The van der Waals surface area contributed by atoms with Crippen LogP contribution in [0.2, 0.25) is 0 Å². The average molecular weight is 556 g/mol. The highest BCUT2D eigenvalue weighted by Gasteiger charge is 2.20. The summed E-state index contributed by atoms with van der Waals surface area (Å²) >= 11 is 0. The highest BCUT2D eigenvalue weighted by Crippen LogP contribution is 2.21. The number of halogens is 1. The fraction of sp³-hybridized carbons (Fsp3) is 0.971. The molecular weight excluding hydrogens is 485 g/mol. The first-order valence-electron chi connectivity index (χ1n) is 17.6. The highest BCUT2D eigenvalue weighted by atomic mass is 19.1. The SMILES string of the molecule is CCCCCCCCCC(CCCCCCC(F)C(=O)OCC(CCCCCC)CCCCCCCC)NC. The summed E-state index contributed by atoms with van der Waals surface area (Å²) in [5.41, 5.74) is 0. The van der Waals surface area contributed by atoms with Crippen LogP contribution in [0.5, 0.6) is 0 Å². The maximum absolute atomic E-state index is 14.5. The molecule has 0 amide bonds. The summed E-state index contributed by atoms with van der Waals surface area (Å²) in [6.07, 6.45) is 29.8. The van der Waals surface area contributed by atoms with E-state index in [4.69, 9.17) is 4.74 Å². The number of ether oxygens (including phenoxy) is 1. The lowest BCUT2D eigenvalue weighted by molar-refractivity contribution is -0.151. The number of esters is 1. The van der Waals surface area contributed by atoms with Gasteiger partial charge in [-0.25, -0.2) is 9.18 Å². The highest BCUT2D eigenvalue weighted by molar-refractivity contribution is 5.74. The molecule has 0 aromatic rings. The molecule has 0 rings (SSSR count). The van der Waals surface area contributed by atoms with Gasteiger partial charge in [-0.05, 0) is 51.5 Å². The van der Waals surface area contributed by atoms with Crippen molar-refractivity contribution in [2.75, 3.05) is 13.7 Å². The van der Waals surface area contributed by atoms with E-state index in [1.807, 2.05) is 0 Å². The van der Waals surface area contributed by atoms with Crippen molar-refractivity contribution in [1.29, 1.82) is 0 Å². The Morgan fingerprint density at radius 1 is 0.564 bits per heavy atom. The lowest BCUT2D eigenvalue weighted by Gasteiger charge is -2.18. The molecule has 0 aliphatic heterocycles. The van der Waals surface area contributed by atoms with E-state index < -0.39 is 12.1 Å². The summed E-state index contributed by atoms with van der Waals surface area (Å²) in [5.74, 6) is -0.230. The van der Waals surface area contributed by atoms with E-state index in [2.05, 4.69) is 33.1 Å². The first-order valence-corrected chi connectivity index (χ1v) is 17.6. The molecule has 1 N–H and O–H groups in total. The molecule has 234 valence electrons. The lowest BCUT2D eigenvalue weighted by atomic mass is 9.95. The zero-order valence-corrected chi connectivity index (χ0v) is 27.0. The van der Waals surface area contributed by atoms with Crippen LogP contribution >= 0.6 is 0 Å². The smallest absolute Gasteiger partial charge is 0.340 e. The van der Waals surface area contributed by atoms with Crippen LogP contribution in [0.25, 0.3) is 0 Å². The van der Waals surface area contributed by atoms with Gasteiger partial charge in [0, 0.05) is 6.04 Å². The van der Waals surface area contributed by atoms with Gasteiger partial charge in [0.1, 0.15) is 0 Å². The van der Waals surface area contributed by atoms with E-state index in [1.54, 1.807) is 0 Å². The summed E-state index contributed by atoms with van der Waals surface area (Å²) in [6.45, 7) is 7.15. The van der Waals surface area contributed by atoms with Crippen molar-refractivity contribution in [3.63, 3.8) is 0 Å². The third kappa shape index (κ3) is 26.0. The molecule has 0 radical (unpaired) electrons. The van der Waals surface area contributed by atoms with Crippen LogP contribution in [0.15, 0.2) is 0 Å². The van der Waals surface area contributed by atoms with Crippen LogP contribution in [0.4, 0.5) is 4.39 Å². The third-order valence-electron chi connectivity index (χ3n) is 8.47. The fourth-order valence-corrected chi connectivity index (χ4v) is 5.64. The molecule has 0 fully saturated rings. The van der Waals surface area contributed by atoms with E-state index in [-0.39, 0.29) is 0 Å². The summed E-state index contributed by atoms with van der Waals surface area (Å²) in [5, 5.41) is 3.48. The van der Waals surface area contributed by atoms with Crippen LogP contribution in [-0.4, -0.2) is 31.8 Å². The zero-order chi connectivity index (χ0) is 28.8. The molecule has 0 spiro atoms. The fourth-order valence-electron chi connectivity index (χ4n) is 5.64. The minimum atomic E-state index is -1.46. The summed E-state index contributed by atoms with van der Waals surface area (Å²) < 4.78 is 20.0. The summed E-state index contributed by atoms with van der Waals surface area (Å²) in [4.78, 5) is 12.3. The molecule has 0 aliphatic carbocycles. The van der Waals surface area contributed by atoms with Crippen LogP contribution in [-0.2, 0) is 9.53 Å². The molecule has 0 aromatic carbocycles. The Balaban J connectivity index is 4.00. The van der Waals surface area contributed by atoms with Crippen LogP contribution in [0.1, 0.15) is 188 Å². The Hall–Kier alpha value is -0.640. The minimum absolute atomic E-state index is 0.310. The van der Waals surface area contributed by atoms with E-state index in [0.717, 1.165) is 32.1 Å². The number of hydrogen-bond donors (Lipinski definition) is 1. The van der Waals surface area contributed by atoms with E-state index in [9.17, 15) is 9.18 Å². The Morgan fingerprint density at radius 2 is 0.923 bits per heavy atom.